The van der Waals surface area contributed by atoms with Gasteiger partial charge in [-0.3, -0.25) is 9.69 Å². The smallest absolute Gasteiger partial charge is 0.306 e. The number of carbonyl (C=O) groups excluding carboxylic acids is 1. The third-order valence-electron chi connectivity index (χ3n) is 6.97. The number of rotatable bonds is 5. The molecule has 6 nitrogen and oxygen atoms in total. The van der Waals surface area contributed by atoms with Crippen LogP contribution in [0.15, 0.2) is 40.5 Å². The number of hydrogen-bond donors (Lipinski definition) is 1. The molecule has 0 amide bonds. The molecule has 0 atom stereocenters. The van der Waals surface area contributed by atoms with Crippen molar-refractivity contribution in [2.75, 3.05) is 25.0 Å². The van der Waals surface area contributed by atoms with E-state index in [0.29, 0.717) is 18.4 Å². The lowest BCUT2D eigenvalue weighted by molar-refractivity contribution is -0.152. The van der Waals surface area contributed by atoms with Gasteiger partial charge < -0.3 is 10.1 Å². The molecule has 31 heavy (non-hydrogen) atoms. The summed E-state index contributed by atoms with van der Waals surface area (Å²) in [7, 11) is 0. The molecule has 1 N–H and O–H groups in total. The summed E-state index contributed by atoms with van der Waals surface area (Å²) in [6.07, 6.45) is 8.81. The predicted molar refractivity (Wildman–Crippen MR) is 121 cm³/mol. The van der Waals surface area contributed by atoms with E-state index in [4.69, 9.17) is 4.74 Å². The standard InChI is InChI=1S/C24H30N4O2S/c1-3-30-20(29)13-23(2)15-24(16-23)6-10-28(11-7-24)14-17-4-5-19-18(12-17)27-21-22(31-19)26-9-8-25-21/h4-5,8-9,12H,3,6-7,10-11,13-16H2,1-2H3,(H,25,27). The molecule has 3 heterocycles. The molecule has 7 heteroatoms. The zero-order valence-corrected chi connectivity index (χ0v) is 19.1. The fourth-order valence-corrected chi connectivity index (χ4v) is 6.70. The first-order valence-electron chi connectivity index (χ1n) is 11.2. The molecule has 1 saturated heterocycles. The van der Waals surface area contributed by atoms with E-state index in [9.17, 15) is 4.79 Å². The second-order valence-electron chi connectivity index (χ2n) is 9.69. The van der Waals surface area contributed by atoms with Crippen LogP contribution in [-0.4, -0.2) is 40.5 Å². The van der Waals surface area contributed by atoms with Crippen LogP contribution in [0.25, 0.3) is 0 Å². The zero-order valence-electron chi connectivity index (χ0n) is 18.3. The SMILES string of the molecule is CCOC(=O)CC1(C)CC2(CCN(Cc3ccc4c(c3)Nc3nccnc3S4)CC2)C1. The quantitative estimate of drug-likeness (QED) is 0.561. The van der Waals surface area contributed by atoms with Gasteiger partial charge in [-0.1, -0.05) is 24.8 Å². The van der Waals surface area contributed by atoms with Crippen LogP contribution >= 0.6 is 11.8 Å². The van der Waals surface area contributed by atoms with Crippen molar-refractivity contribution in [3.05, 3.63) is 36.2 Å². The summed E-state index contributed by atoms with van der Waals surface area (Å²) in [5.74, 6) is 0.804. The molecule has 2 fully saturated rings. The summed E-state index contributed by atoms with van der Waals surface area (Å²) >= 11 is 1.67. The van der Waals surface area contributed by atoms with E-state index in [1.165, 1.54) is 23.3 Å². The number of benzene rings is 1. The van der Waals surface area contributed by atoms with Gasteiger partial charge in [-0.15, -0.1) is 0 Å². The molecule has 1 saturated carbocycles. The number of likely N-dealkylation sites (tertiary alicyclic amines) is 1. The second kappa shape index (κ2) is 8.10. The Morgan fingerprint density at radius 1 is 1.23 bits per heavy atom. The fourth-order valence-electron chi connectivity index (χ4n) is 5.82. The lowest BCUT2D eigenvalue weighted by atomic mass is 9.49. The van der Waals surface area contributed by atoms with Gasteiger partial charge in [0.25, 0.3) is 0 Å². The molecular formula is C24H30N4O2S. The van der Waals surface area contributed by atoms with Gasteiger partial charge in [0.1, 0.15) is 5.03 Å². The van der Waals surface area contributed by atoms with E-state index in [0.717, 1.165) is 49.0 Å². The van der Waals surface area contributed by atoms with Gasteiger partial charge in [-0.05, 0) is 74.2 Å². The van der Waals surface area contributed by atoms with Crippen molar-refractivity contribution >= 4 is 29.2 Å². The van der Waals surface area contributed by atoms with Crippen molar-refractivity contribution in [2.24, 2.45) is 10.8 Å². The first-order chi connectivity index (χ1) is 15.0. The van der Waals surface area contributed by atoms with E-state index < -0.39 is 0 Å². The van der Waals surface area contributed by atoms with E-state index in [-0.39, 0.29) is 11.4 Å². The second-order valence-corrected chi connectivity index (χ2v) is 10.7. The molecule has 2 aliphatic heterocycles. The van der Waals surface area contributed by atoms with Crippen LogP contribution in [0.5, 0.6) is 0 Å². The van der Waals surface area contributed by atoms with Crippen LogP contribution in [0, 0.1) is 10.8 Å². The fraction of sp³-hybridized carbons (Fsp3) is 0.542. The van der Waals surface area contributed by atoms with Crippen molar-refractivity contribution in [3.8, 4) is 0 Å². The molecular weight excluding hydrogens is 408 g/mol. The maximum atomic E-state index is 11.9. The molecule has 1 aliphatic carbocycles. The molecule has 1 aromatic carbocycles. The van der Waals surface area contributed by atoms with Gasteiger partial charge in [0.2, 0.25) is 0 Å². The van der Waals surface area contributed by atoms with E-state index in [1.54, 1.807) is 24.2 Å². The van der Waals surface area contributed by atoms with Crippen molar-refractivity contribution in [2.45, 2.75) is 62.4 Å². The average molecular weight is 439 g/mol. The Hall–Kier alpha value is -2.12. The van der Waals surface area contributed by atoms with Crippen LogP contribution in [0.1, 0.15) is 51.5 Å². The van der Waals surface area contributed by atoms with Crippen LogP contribution in [0.3, 0.4) is 0 Å². The highest BCUT2D eigenvalue weighted by molar-refractivity contribution is 7.99. The molecule has 3 aliphatic rings. The number of carbonyl (C=O) groups is 1. The van der Waals surface area contributed by atoms with Crippen molar-refractivity contribution < 1.29 is 9.53 Å². The van der Waals surface area contributed by atoms with Crippen LogP contribution in [0.2, 0.25) is 0 Å². The number of fused-ring (bicyclic) bond motifs is 2. The van der Waals surface area contributed by atoms with Gasteiger partial charge >= 0.3 is 5.97 Å². The average Bonchev–Trinajstić information content (AvgIpc) is 2.73. The molecule has 1 aromatic heterocycles. The maximum Gasteiger partial charge on any atom is 0.306 e. The predicted octanol–water partition coefficient (Wildman–Crippen LogP) is 5.02. The topological polar surface area (TPSA) is 67.3 Å². The van der Waals surface area contributed by atoms with Crippen LogP contribution in [0.4, 0.5) is 11.5 Å². The van der Waals surface area contributed by atoms with Crippen LogP contribution in [-0.2, 0) is 16.1 Å². The lowest BCUT2D eigenvalue weighted by Crippen LogP contribution is -2.51. The first-order valence-corrected chi connectivity index (χ1v) is 12.0. The molecule has 0 radical (unpaired) electrons. The van der Waals surface area contributed by atoms with Crippen LogP contribution < -0.4 is 5.32 Å². The minimum atomic E-state index is -0.0370. The highest BCUT2D eigenvalue weighted by atomic mass is 32.2. The molecule has 0 unspecified atom stereocenters. The number of nitrogens with zero attached hydrogens (tertiary/aromatic N) is 3. The zero-order chi connectivity index (χ0) is 21.5. The van der Waals surface area contributed by atoms with Crippen molar-refractivity contribution in [3.63, 3.8) is 0 Å². The number of aromatic nitrogens is 2. The molecule has 2 aromatic rings. The maximum absolute atomic E-state index is 11.9. The number of ether oxygens (including phenoxy) is 1. The Balaban J connectivity index is 1.15. The summed E-state index contributed by atoms with van der Waals surface area (Å²) in [5.41, 5.74) is 3.03. The van der Waals surface area contributed by atoms with E-state index >= 15 is 0 Å². The van der Waals surface area contributed by atoms with Gasteiger partial charge in [0, 0.05) is 23.8 Å². The lowest BCUT2D eigenvalue weighted by Gasteiger charge is -2.58. The van der Waals surface area contributed by atoms with E-state index in [1.807, 2.05) is 6.92 Å². The number of nitrogens with one attached hydrogen (secondary N) is 1. The summed E-state index contributed by atoms with van der Waals surface area (Å²) < 4.78 is 5.17. The number of anilines is 2. The molecule has 164 valence electrons. The highest BCUT2D eigenvalue weighted by Gasteiger charge is 2.53. The number of esters is 1. The molecule has 5 rings (SSSR count). The molecule has 0 bridgehead atoms. The minimum absolute atomic E-state index is 0.0370. The Morgan fingerprint density at radius 3 is 2.77 bits per heavy atom. The summed E-state index contributed by atoms with van der Waals surface area (Å²) in [6, 6.07) is 6.68. The van der Waals surface area contributed by atoms with E-state index in [2.05, 4.69) is 45.3 Å². The Bertz CT molecular complexity index is 979. The van der Waals surface area contributed by atoms with Gasteiger partial charge in [-0.25, -0.2) is 9.97 Å². The van der Waals surface area contributed by atoms with Crippen molar-refractivity contribution in [1.29, 1.82) is 0 Å². The minimum Gasteiger partial charge on any atom is -0.466 e. The largest absolute Gasteiger partial charge is 0.466 e. The first kappa shape index (κ1) is 20.8. The summed E-state index contributed by atoms with van der Waals surface area (Å²) in [4.78, 5) is 24.5. The normalized spacial score (nSPS) is 20.8. The monoisotopic (exact) mass is 438 g/mol. The van der Waals surface area contributed by atoms with Crippen molar-refractivity contribution in [1.82, 2.24) is 14.9 Å². The Labute approximate surface area is 188 Å². The Morgan fingerprint density at radius 2 is 2.00 bits per heavy atom. The van der Waals surface area contributed by atoms with Gasteiger partial charge in [-0.2, -0.15) is 0 Å². The Kier molecular flexibility index (Phi) is 5.42. The summed E-state index contributed by atoms with van der Waals surface area (Å²) in [5, 5.41) is 4.36. The third-order valence-corrected chi connectivity index (χ3v) is 8.04. The number of piperidine rings is 1. The summed E-state index contributed by atoms with van der Waals surface area (Å²) in [6.45, 7) is 7.84. The van der Waals surface area contributed by atoms with Gasteiger partial charge in [0.15, 0.2) is 5.82 Å². The third kappa shape index (κ3) is 4.30. The highest BCUT2D eigenvalue weighted by Crippen LogP contribution is 2.61. The molecule has 1 spiro atoms. The number of hydrogen-bond acceptors (Lipinski definition) is 7. The van der Waals surface area contributed by atoms with Gasteiger partial charge in [0.05, 0.1) is 18.7 Å².